The van der Waals surface area contributed by atoms with Crippen LogP contribution in [0.1, 0.15) is 24.0 Å². The number of piperidine rings is 1. The van der Waals surface area contributed by atoms with Gasteiger partial charge in [0.1, 0.15) is 5.75 Å². The van der Waals surface area contributed by atoms with Crippen LogP contribution in [0.4, 0.5) is 11.5 Å². The maximum absolute atomic E-state index is 10.5. The molecule has 144 valence electrons. The molecule has 1 atom stereocenters. The molecular weight excluding hydrogens is 338 g/mol. The Balaban J connectivity index is 1.73. The first-order chi connectivity index (χ1) is 12.9. The van der Waals surface area contributed by atoms with Crippen molar-refractivity contribution >= 4 is 11.5 Å². The summed E-state index contributed by atoms with van der Waals surface area (Å²) in [5.41, 5.74) is 4.67. The van der Waals surface area contributed by atoms with Gasteiger partial charge in [0.25, 0.3) is 0 Å². The van der Waals surface area contributed by atoms with E-state index in [1.54, 1.807) is 6.07 Å². The Morgan fingerprint density at radius 1 is 1.04 bits per heavy atom. The summed E-state index contributed by atoms with van der Waals surface area (Å²) in [7, 11) is 4.30. The Kier molecular flexibility index (Phi) is 4.68. The van der Waals surface area contributed by atoms with Crippen LogP contribution in [0.15, 0.2) is 18.2 Å². The van der Waals surface area contributed by atoms with Crippen LogP contribution >= 0.6 is 0 Å². The van der Waals surface area contributed by atoms with E-state index in [9.17, 15) is 5.11 Å². The number of likely N-dealkylation sites (N-methyl/N-ethyl adjacent to an activating group) is 2. The number of aryl methyl sites for hydroxylation is 2. The van der Waals surface area contributed by atoms with Gasteiger partial charge in [0.2, 0.25) is 0 Å². The van der Waals surface area contributed by atoms with Crippen LogP contribution in [0.3, 0.4) is 0 Å². The number of phenolic OH excluding ortho intramolecular Hbond substituents is 1. The van der Waals surface area contributed by atoms with Crippen LogP contribution in [-0.2, 0) is 0 Å². The maximum atomic E-state index is 10.5. The fourth-order valence-corrected chi connectivity index (χ4v) is 4.49. The van der Waals surface area contributed by atoms with Gasteiger partial charge in [0.15, 0.2) is 5.82 Å². The molecule has 1 unspecified atom stereocenters. The first kappa shape index (κ1) is 18.0. The first-order valence-electron chi connectivity index (χ1n) is 9.78. The van der Waals surface area contributed by atoms with Crippen LogP contribution < -0.4 is 9.80 Å². The summed E-state index contributed by atoms with van der Waals surface area (Å²) in [6.07, 6.45) is 2.43. The molecule has 6 nitrogen and oxygen atoms in total. The Hall–Kier alpha value is -2.34. The van der Waals surface area contributed by atoms with Crippen LogP contribution in [0.25, 0.3) is 11.3 Å². The zero-order chi connectivity index (χ0) is 19.1. The molecule has 0 bridgehead atoms. The number of nitrogens with zero attached hydrogens (tertiary/aromatic N) is 5. The van der Waals surface area contributed by atoms with E-state index in [1.807, 2.05) is 13.8 Å². The van der Waals surface area contributed by atoms with Crippen molar-refractivity contribution in [3.8, 4) is 17.0 Å². The standard InChI is InChI=1S/C21H29N5O/c1-14-10-15(2)20(19(27)11-14)17-12-18-21(23-22-17)26(9-8-25(18)4)16-6-5-7-24(3)13-16/h10-12,16,27H,5-9,13H2,1-4H3. The molecule has 0 aliphatic carbocycles. The molecule has 6 heteroatoms. The summed E-state index contributed by atoms with van der Waals surface area (Å²) in [5.74, 6) is 1.24. The number of aromatic hydroxyl groups is 1. The zero-order valence-electron chi connectivity index (χ0n) is 16.7. The molecular formula is C21H29N5O. The van der Waals surface area contributed by atoms with Crippen molar-refractivity contribution in [3.63, 3.8) is 0 Å². The molecule has 1 aromatic heterocycles. The average Bonchev–Trinajstić information content (AvgIpc) is 2.61. The van der Waals surface area contributed by atoms with E-state index < -0.39 is 0 Å². The predicted octanol–water partition coefficient (Wildman–Crippen LogP) is 2.82. The lowest BCUT2D eigenvalue weighted by atomic mass is 10.00. The van der Waals surface area contributed by atoms with E-state index >= 15 is 0 Å². The molecule has 0 radical (unpaired) electrons. The third kappa shape index (κ3) is 3.34. The summed E-state index contributed by atoms with van der Waals surface area (Å²) in [4.78, 5) is 7.09. The van der Waals surface area contributed by atoms with Gasteiger partial charge < -0.3 is 19.8 Å². The molecule has 1 fully saturated rings. The number of anilines is 2. The molecule has 3 heterocycles. The summed E-state index contributed by atoms with van der Waals surface area (Å²) >= 11 is 0. The molecule has 1 saturated heterocycles. The number of hydrogen-bond acceptors (Lipinski definition) is 6. The molecule has 0 amide bonds. The van der Waals surface area contributed by atoms with E-state index in [2.05, 4.69) is 51.1 Å². The number of rotatable bonds is 2. The molecule has 1 N–H and O–H groups in total. The summed E-state index contributed by atoms with van der Waals surface area (Å²) in [6, 6.07) is 6.44. The Morgan fingerprint density at radius 2 is 1.85 bits per heavy atom. The number of likely N-dealkylation sites (tertiary alicyclic amines) is 1. The second-order valence-corrected chi connectivity index (χ2v) is 8.09. The van der Waals surface area contributed by atoms with Crippen molar-refractivity contribution in [1.82, 2.24) is 15.1 Å². The van der Waals surface area contributed by atoms with Crippen molar-refractivity contribution in [2.24, 2.45) is 0 Å². The third-order valence-corrected chi connectivity index (χ3v) is 5.87. The van der Waals surface area contributed by atoms with Crippen molar-refractivity contribution in [3.05, 3.63) is 29.3 Å². The van der Waals surface area contributed by atoms with Crippen molar-refractivity contribution < 1.29 is 5.11 Å². The van der Waals surface area contributed by atoms with Gasteiger partial charge >= 0.3 is 0 Å². The van der Waals surface area contributed by atoms with Crippen LogP contribution in [0.2, 0.25) is 0 Å². The number of fused-ring (bicyclic) bond motifs is 1. The molecule has 1 aromatic carbocycles. The maximum Gasteiger partial charge on any atom is 0.175 e. The Bertz CT molecular complexity index is 829. The largest absolute Gasteiger partial charge is 0.507 e. The molecule has 4 rings (SSSR count). The monoisotopic (exact) mass is 367 g/mol. The van der Waals surface area contributed by atoms with Crippen molar-refractivity contribution in [1.29, 1.82) is 0 Å². The second kappa shape index (κ2) is 7.00. The van der Waals surface area contributed by atoms with Gasteiger partial charge in [0.05, 0.1) is 11.4 Å². The quantitative estimate of drug-likeness (QED) is 0.881. The molecule has 0 spiro atoms. The highest BCUT2D eigenvalue weighted by molar-refractivity contribution is 5.78. The zero-order valence-corrected chi connectivity index (χ0v) is 16.7. The van der Waals surface area contributed by atoms with Crippen LogP contribution in [0, 0.1) is 13.8 Å². The van der Waals surface area contributed by atoms with E-state index in [1.165, 1.54) is 19.4 Å². The van der Waals surface area contributed by atoms with E-state index in [4.69, 9.17) is 0 Å². The third-order valence-electron chi connectivity index (χ3n) is 5.87. The van der Waals surface area contributed by atoms with Gasteiger partial charge in [-0.3, -0.25) is 0 Å². The summed E-state index contributed by atoms with van der Waals surface area (Å²) < 4.78 is 0. The van der Waals surface area contributed by atoms with E-state index in [0.29, 0.717) is 6.04 Å². The van der Waals surface area contributed by atoms with E-state index in [-0.39, 0.29) is 5.75 Å². The molecule has 0 saturated carbocycles. The highest BCUT2D eigenvalue weighted by atomic mass is 16.3. The molecule has 2 aliphatic heterocycles. The number of aromatic nitrogens is 2. The summed E-state index contributed by atoms with van der Waals surface area (Å²) in [6.45, 7) is 8.19. The van der Waals surface area contributed by atoms with Crippen LogP contribution in [0.5, 0.6) is 5.75 Å². The lowest BCUT2D eigenvalue weighted by Crippen LogP contribution is -2.51. The van der Waals surface area contributed by atoms with Gasteiger partial charge in [-0.15, -0.1) is 10.2 Å². The topological polar surface area (TPSA) is 55.7 Å². The fraction of sp³-hybridized carbons (Fsp3) is 0.524. The number of phenols is 1. The van der Waals surface area contributed by atoms with Gasteiger partial charge in [-0.05, 0) is 63.5 Å². The van der Waals surface area contributed by atoms with Gasteiger partial charge in [-0.1, -0.05) is 6.07 Å². The smallest absolute Gasteiger partial charge is 0.175 e. The van der Waals surface area contributed by atoms with Crippen LogP contribution in [-0.4, -0.2) is 66.5 Å². The number of hydrogen-bond donors (Lipinski definition) is 1. The minimum absolute atomic E-state index is 0.269. The fourth-order valence-electron chi connectivity index (χ4n) is 4.49. The minimum atomic E-state index is 0.269. The normalized spacial score (nSPS) is 20.7. The lowest BCUT2D eigenvalue weighted by Gasteiger charge is -2.43. The van der Waals surface area contributed by atoms with E-state index in [0.717, 1.165) is 53.5 Å². The first-order valence-corrected chi connectivity index (χ1v) is 9.78. The average molecular weight is 367 g/mol. The van der Waals surface area contributed by atoms with Crippen molar-refractivity contribution in [2.75, 3.05) is 50.1 Å². The highest BCUT2D eigenvalue weighted by Crippen LogP contribution is 2.38. The van der Waals surface area contributed by atoms with Crippen molar-refractivity contribution in [2.45, 2.75) is 32.7 Å². The van der Waals surface area contributed by atoms with Gasteiger partial charge in [0, 0.05) is 38.3 Å². The summed E-state index contributed by atoms with van der Waals surface area (Å²) in [5, 5.41) is 19.6. The van der Waals surface area contributed by atoms with Gasteiger partial charge in [-0.25, -0.2) is 0 Å². The molecule has 27 heavy (non-hydrogen) atoms. The predicted molar refractivity (Wildman–Crippen MR) is 110 cm³/mol. The Morgan fingerprint density at radius 3 is 2.59 bits per heavy atom. The minimum Gasteiger partial charge on any atom is -0.507 e. The SMILES string of the molecule is Cc1cc(C)c(-c2cc3c(nn2)N(C2CCCN(C)C2)CCN3C)c(O)c1. The molecule has 2 aliphatic rings. The highest BCUT2D eigenvalue weighted by Gasteiger charge is 2.31. The lowest BCUT2D eigenvalue weighted by molar-refractivity contribution is 0.243. The number of benzene rings is 1. The second-order valence-electron chi connectivity index (χ2n) is 8.09. The Labute approximate surface area is 161 Å². The molecule has 2 aromatic rings. The van der Waals surface area contributed by atoms with Gasteiger partial charge in [-0.2, -0.15) is 0 Å².